The van der Waals surface area contributed by atoms with Crippen molar-refractivity contribution in [2.45, 2.75) is 58.0 Å². The lowest BCUT2D eigenvalue weighted by Gasteiger charge is -2.25. The SMILES string of the molecule is CCNC(=O)CN(CC)C(=O)C1CC2CCCCC2N1.Cl. The van der Waals surface area contributed by atoms with Crippen LogP contribution >= 0.6 is 12.4 Å². The number of nitrogens with one attached hydrogen (secondary N) is 2. The molecule has 5 nitrogen and oxygen atoms in total. The van der Waals surface area contributed by atoms with Gasteiger partial charge in [-0.25, -0.2) is 0 Å². The first-order chi connectivity index (χ1) is 9.65. The lowest BCUT2D eigenvalue weighted by atomic mass is 9.85. The number of rotatable bonds is 5. The van der Waals surface area contributed by atoms with Crippen LogP contribution in [-0.4, -0.2) is 48.4 Å². The van der Waals surface area contributed by atoms with Crippen molar-refractivity contribution in [3.63, 3.8) is 0 Å². The molecule has 6 heteroatoms. The van der Waals surface area contributed by atoms with E-state index in [0.29, 0.717) is 25.0 Å². The smallest absolute Gasteiger partial charge is 0.240 e. The molecule has 1 aliphatic heterocycles. The second kappa shape index (κ2) is 8.59. The van der Waals surface area contributed by atoms with Crippen LogP contribution in [0.4, 0.5) is 0 Å². The maximum absolute atomic E-state index is 12.5. The van der Waals surface area contributed by atoms with E-state index >= 15 is 0 Å². The molecule has 2 N–H and O–H groups in total. The van der Waals surface area contributed by atoms with Crippen molar-refractivity contribution in [2.75, 3.05) is 19.6 Å². The Morgan fingerprint density at radius 1 is 1.24 bits per heavy atom. The average Bonchev–Trinajstić information content (AvgIpc) is 2.88. The zero-order valence-corrected chi connectivity index (χ0v) is 13.9. The van der Waals surface area contributed by atoms with Crippen LogP contribution in [-0.2, 0) is 9.59 Å². The summed E-state index contributed by atoms with van der Waals surface area (Å²) in [5.74, 6) is 0.673. The van der Waals surface area contributed by atoms with Gasteiger partial charge in [0.1, 0.15) is 0 Å². The van der Waals surface area contributed by atoms with E-state index in [1.54, 1.807) is 4.90 Å². The summed E-state index contributed by atoms with van der Waals surface area (Å²) in [5, 5.41) is 6.24. The number of fused-ring (bicyclic) bond motifs is 1. The largest absolute Gasteiger partial charge is 0.355 e. The molecule has 1 heterocycles. The lowest BCUT2D eigenvalue weighted by Crippen LogP contribution is -2.48. The van der Waals surface area contributed by atoms with Gasteiger partial charge < -0.3 is 15.5 Å². The third kappa shape index (κ3) is 4.58. The van der Waals surface area contributed by atoms with Crippen LogP contribution in [0.25, 0.3) is 0 Å². The second-order valence-electron chi connectivity index (χ2n) is 5.91. The first-order valence-corrected chi connectivity index (χ1v) is 7.97. The van der Waals surface area contributed by atoms with Crippen LogP contribution in [0.5, 0.6) is 0 Å². The van der Waals surface area contributed by atoms with Crippen molar-refractivity contribution < 1.29 is 9.59 Å². The highest BCUT2D eigenvalue weighted by molar-refractivity contribution is 5.87. The number of hydrogen-bond acceptors (Lipinski definition) is 3. The number of amides is 2. The molecule has 2 aliphatic rings. The van der Waals surface area contributed by atoms with Crippen LogP contribution in [0.15, 0.2) is 0 Å². The standard InChI is InChI=1S/C15H27N3O2.ClH/c1-3-16-14(19)10-18(4-2)15(20)13-9-11-7-5-6-8-12(11)17-13;/h11-13,17H,3-10H2,1-2H3,(H,16,19);1H. The van der Waals surface area contributed by atoms with Crippen molar-refractivity contribution >= 4 is 24.2 Å². The van der Waals surface area contributed by atoms with E-state index in [1.165, 1.54) is 25.7 Å². The summed E-state index contributed by atoms with van der Waals surface area (Å²) in [5.41, 5.74) is 0. The fourth-order valence-electron chi connectivity index (χ4n) is 3.50. The van der Waals surface area contributed by atoms with E-state index in [4.69, 9.17) is 0 Å². The topological polar surface area (TPSA) is 61.4 Å². The quantitative estimate of drug-likeness (QED) is 0.804. The molecule has 1 saturated heterocycles. The molecular formula is C15H28ClN3O2. The Labute approximate surface area is 133 Å². The zero-order valence-electron chi connectivity index (χ0n) is 13.1. The minimum Gasteiger partial charge on any atom is -0.355 e. The van der Waals surface area contributed by atoms with E-state index < -0.39 is 0 Å². The molecule has 1 aliphatic carbocycles. The van der Waals surface area contributed by atoms with E-state index in [2.05, 4.69) is 10.6 Å². The molecule has 2 rings (SSSR count). The molecule has 0 aromatic carbocycles. The van der Waals surface area contributed by atoms with Crippen LogP contribution in [0.1, 0.15) is 46.0 Å². The highest BCUT2D eigenvalue weighted by Crippen LogP contribution is 2.33. The molecule has 0 bridgehead atoms. The van der Waals surface area contributed by atoms with Gasteiger partial charge >= 0.3 is 0 Å². The van der Waals surface area contributed by atoms with Gasteiger partial charge in [0.25, 0.3) is 0 Å². The Hall–Kier alpha value is -0.810. The van der Waals surface area contributed by atoms with Crippen LogP contribution in [0, 0.1) is 5.92 Å². The minimum atomic E-state index is -0.0857. The predicted octanol–water partition coefficient (Wildman–Crippen LogP) is 1.31. The monoisotopic (exact) mass is 317 g/mol. The van der Waals surface area contributed by atoms with Crippen LogP contribution in [0.3, 0.4) is 0 Å². The second-order valence-corrected chi connectivity index (χ2v) is 5.91. The number of nitrogens with zero attached hydrogens (tertiary/aromatic N) is 1. The summed E-state index contributed by atoms with van der Waals surface area (Å²) in [7, 11) is 0. The van der Waals surface area contributed by atoms with E-state index in [1.807, 2.05) is 13.8 Å². The van der Waals surface area contributed by atoms with Gasteiger partial charge in [0, 0.05) is 19.1 Å². The summed E-state index contributed by atoms with van der Waals surface area (Å²) in [6.45, 7) is 5.19. The number of likely N-dealkylation sites (N-methyl/N-ethyl adjacent to an activating group) is 2. The average molecular weight is 318 g/mol. The van der Waals surface area contributed by atoms with Gasteiger partial charge in [-0.05, 0) is 39.0 Å². The predicted molar refractivity (Wildman–Crippen MR) is 85.5 cm³/mol. The van der Waals surface area contributed by atoms with Gasteiger partial charge in [0.2, 0.25) is 11.8 Å². The van der Waals surface area contributed by atoms with E-state index in [9.17, 15) is 9.59 Å². The van der Waals surface area contributed by atoms with Crippen molar-refractivity contribution in [3.8, 4) is 0 Å². The summed E-state index contributed by atoms with van der Waals surface area (Å²) in [6.07, 6.45) is 5.93. The fourth-order valence-corrected chi connectivity index (χ4v) is 3.50. The van der Waals surface area contributed by atoms with Crippen LogP contribution in [0.2, 0.25) is 0 Å². The van der Waals surface area contributed by atoms with Crippen LogP contribution < -0.4 is 10.6 Å². The number of carbonyl (C=O) groups is 2. The molecule has 3 atom stereocenters. The molecule has 0 radical (unpaired) electrons. The zero-order chi connectivity index (χ0) is 14.5. The third-order valence-corrected chi connectivity index (χ3v) is 4.56. The molecule has 2 fully saturated rings. The summed E-state index contributed by atoms with van der Waals surface area (Å²) < 4.78 is 0. The number of halogens is 1. The minimum absolute atomic E-state index is 0. The molecule has 0 aromatic heterocycles. The van der Waals surface area contributed by atoms with Crippen molar-refractivity contribution in [2.24, 2.45) is 5.92 Å². The van der Waals surface area contributed by atoms with E-state index in [-0.39, 0.29) is 36.8 Å². The molecule has 0 spiro atoms. The van der Waals surface area contributed by atoms with E-state index in [0.717, 1.165) is 6.42 Å². The maximum atomic E-state index is 12.5. The molecule has 122 valence electrons. The Balaban J connectivity index is 0.00000220. The molecular weight excluding hydrogens is 290 g/mol. The van der Waals surface area contributed by atoms with Crippen molar-refractivity contribution in [1.82, 2.24) is 15.5 Å². The number of hydrogen-bond donors (Lipinski definition) is 2. The third-order valence-electron chi connectivity index (χ3n) is 4.56. The van der Waals surface area contributed by atoms with Gasteiger partial charge in [-0.2, -0.15) is 0 Å². The highest BCUT2D eigenvalue weighted by Gasteiger charge is 2.39. The molecule has 2 amide bonds. The molecule has 0 aromatic rings. The van der Waals surface area contributed by atoms with Gasteiger partial charge in [-0.1, -0.05) is 12.8 Å². The van der Waals surface area contributed by atoms with Gasteiger partial charge in [0.05, 0.1) is 12.6 Å². The summed E-state index contributed by atoms with van der Waals surface area (Å²) in [4.78, 5) is 25.9. The first-order valence-electron chi connectivity index (χ1n) is 7.97. The lowest BCUT2D eigenvalue weighted by molar-refractivity contribution is -0.137. The Morgan fingerprint density at radius 3 is 2.57 bits per heavy atom. The van der Waals surface area contributed by atoms with Gasteiger partial charge in [-0.3, -0.25) is 9.59 Å². The first kappa shape index (κ1) is 18.2. The Morgan fingerprint density at radius 2 is 1.95 bits per heavy atom. The molecule has 1 saturated carbocycles. The number of carbonyl (C=O) groups excluding carboxylic acids is 2. The van der Waals surface area contributed by atoms with Crippen molar-refractivity contribution in [1.29, 1.82) is 0 Å². The summed E-state index contributed by atoms with van der Waals surface area (Å²) in [6, 6.07) is 0.429. The Bertz CT molecular complexity index is 351. The van der Waals surface area contributed by atoms with Gasteiger partial charge in [-0.15, -0.1) is 12.4 Å². The van der Waals surface area contributed by atoms with Gasteiger partial charge in [0.15, 0.2) is 0 Å². The molecule has 3 unspecified atom stereocenters. The van der Waals surface area contributed by atoms with Crippen molar-refractivity contribution in [3.05, 3.63) is 0 Å². The highest BCUT2D eigenvalue weighted by atomic mass is 35.5. The maximum Gasteiger partial charge on any atom is 0.240 e. The normalized spacial score (nSPS) is 27.4. The summed E-state index contributed by atoms with van der Waals surface area (Å²) >= 11 is 0. The molecule has 21 heavy (non-hydrogen) atoms. The Kier molecular flexibility index (Phi) is 7.46. The fraction of sp³-hybridized carbons (Fsp3) is 0.867.